The first-order valence-corrected chi connectivity index (χ1v) is 4.36. The van der Waals surface area contributed by atoms with Crippen LogP contribution in [-0.4, -0.2) is 12.1 Å². The molecule has 80 valence electrons. The summed E-state index contributed by atoms with van der Waals surface area (Å²) in [6.07, 6.45) is -2.22. The van der Waals surface area contributed by atoms with Crippen molar-refractivity contribution in [3.8, 4) is 0 Å². The van der Waals surface area contributed by atoms with Crippen LogP contribution in [-0.2, 0) is 0 Å². The monoisotopic (exact) mass is 212 g/mol. The summed E-state index contributed by atoms with van der Waals surface area (Å²) in [5.41, 5.74) is 0.318. The van der Waals surface area contributed by atoms with Gasteiger partial charge >= 0.3 is 0 Å². The van der Waals surface area contributed by atoms with Crippen LogP contribution in [0.2, 0.25) is 0 Å². The maximum Gasteiger partial charge on any atom is 0.264 e. The topological polar surface area (TPSA) is 34.1 Å². The Hall–Kier alpha value is -1.58. The smallest absolute Gasteiger partial charge is 0.264 e. The Morgan fingerprint density at radius 3 is 2.40 bits per heavy atom. The average Bonchev–Trinajstić information content (AvgIpc) is 2.16. The quantitative estimate of drug-likeness (QED) is 0.570. The summed E-state index contributed by atoms with van der Waals surface area (Å²) in [4.78, 5) is 21.7. The van der Waals surface area contributed by atoms with Gasteiger partial charge in [0.05, 0.1) is 0 Å². The van der Waals surface area contributed by atoms with E-state index in [2.05, 4.69) is 0 Å². The maximum absolute atomic E-state index is 12.5. The minimum absolute atomic E-state index is 0.0170. The first kappa shape index (κ1) is 11.5. The van der Waals surface area contributed by atoms with Crippen molar-refractivity contribution in [2.75, 3.05) is 0 Å². The molecule has 0 aliphatic carbocycles. The van der Waals surface area contributed by atoms with E-state index in [1.54, 1.807) is 0 Å². The number of carbonyl (C=O) groups is 2. The predicted molar refractivity (Wildman–Crippen MR) is 51.5 cm³/mol. The lowest BCUT2D eigenvalue weighted by Crippen LogP contribution is -2.02. The zero-order valence-electron chi connectivity index (χ0n) is 8.38. The van der Waals surface area contributed by atoms with Crippen LogP contribution in [0.5, 0.6) is 0 Å². The minimum atomic E-state index is -2.63. The molecule has 15 heavy (non-hydrogen) atoms. The van der Waals surface area contributed by atoms with E-state index in [0.29, 0.717) is 11.8 Å². The SMILES string of the molecule is CC(=O)c1cc(C)c(C(F)F)cc1C=O. The molecule has 0 fully saturated rings. The number of Topliss-reactive ketones (excluding diaryl/α,β-unsaturated/α-hetero) is 1. The van der Waals surface area contributed by atoms with Gasteiger partial charge in [0.1, 0.15) is 0 Å². The van der Waals surface area contributed by atoms with Crippen molar-refractivity contribution < 1.29 is 18.4 Å². The Morgan fingerprint density at radius 1 is 1.40 bits per heavy atom. The number of ketones is 1. The van der Waals surface area contributed by atoms with Crippen molar-refractivity contribution in [1.82, 2.24) is 0 Å². The van der Waals surface area contributed by atoms with Crippen LogP contribution >= 0.6 is 0 Å². The lowest BCUT2D eigenvalue weighted by molar-refractivity contribution is 0.100. The average molecular weight is 212 g/mol. The predicted octanol–water partition coefficient (Wildman–Crippen LogP) is 2.95. The Kier molecular flexibility index (Phi) is 3.29. The second-order valence-corrected chi connectivity index (χ2v) is 3.27. The molecule has 4 heteroatoms. The zero-order valence-corrected chi connectivity index (χ0v) is 8.38. The third-order valence-corrected chi connectivity index (χ3v) is 2.18. The van der Waals surface area contributed by atoms with Crippen molar-refractivity contribution in [2.45, 2.75) is 20.3 Å². The first-order chi connectivity index (χ1) is 6.97. The van der Waals surface area contributed by atoms with Gasteiger partial charge in [0, 0.05) is 16.7 Å². The normalized spacial score (nSPS) is 10.5. The molecule has 0 radical (unpaired) electrons. The second-order valence-electron chi connectivity index (χ2n) is 3.27. The van der Waals surface area contributed by atoms with Crippen LogP contribution in [0.25, 0.3) is 0 Å². The number of rotatable bonds is 3. The molecule has 0 aromatic heterocycles. The molecule has 0 saturated carbocycles. The number of halogens is 2. The molecule has 0 bridgehead atoms. The molecule has 2 nitrogen and oxygen atoms in total. The van der Waals surface area contributed by atoms with Crippen molar-refractivity contribution in [1.29, 1.82) is 0 Å². The summed E-state index contributed by atoms with van der Waals surface area (Å²) in [7, 11) is 0. The number of aryl methyl sites for hydroxylation is 1. The van der Waals surface area contributed by atoms with E-state index < -0.39 is 6.43 Å². The third-order valence-electron chi connectivity index (χ3n) is 2.18. The summed E-state index contributed by atoms with van der Waals surface area (Å²) in [6.45, 7) is 2.78. The van der Waals surface area contributed by atoms with Crippen LogP contribution in [0.15, 0.2) is 12.1 Å². The van der Waals surface area contributed by atoms with Gasteiger partial charge in [-0.15, -0.1) is 0 Å². The van der Waals surface area contributed by atoms with E-state index in [0.717, 1.165) is 6.07 Å². The van der Waals surface area contributed by atoms with Crippen molar-refractivity contribution in [2.24, 2.45) is 0 Å². The van der Waals surface area contributed by atoms with E-state index in [4.69, 9.17) is 0 Å². The van der Waals surface area contributed by atoms with Crippen molar-refractivity contribution in [3.63, 3.8) is 0 Å². The molecule has 0 atom stereocenters. The molecule has 0 aliphatic heterocycles. The number of hydrogen-bond donors (Lipinski definition) is 0. The summed E-state index contributed by atoms with van der Waals surface area (Å²) in [5, 5.41) is 0. The van der Waals surface area contributed by atoms with E-state index in [1.165, 1.54) is 19.9 Å². The Balaban J connectivity index is 3.42. The van der Waals surface area contributed by atoms with E-state index in [1.807, 2.05) is 0 Å². The van der Waals surface area contributed by atoms with Crippen LogP contribution in [0.4, 0.5) is 8.78 Å². The van der Waals surface area contributed by atoms with Crippen LogP contribution in [0.3, 0.4) is 0 Å². The highest BCUT2D eigenvalue weighted by atomic mass is 19.3. The Labute approximate surface area is 85.9 Å². The van der Waals surface area contributed by atoms with Crippen molar-refractivity contribution in [3.05, 3.63) is 34.4 Å². The molecule has 0 unspecified atom stereocenters. The molecule has 0 saturated heterocycles. The lowest BCUT2D eigenvalue weighted by Gasteiger charge is -2.08. The lowest BCUT2D eigenvalue weighted by atomic mass is 9.98. The molecule has 0 spiro atoms. The van der Waals surface area contributed by atoms with E-state index in [-0.39, 0.29) is 22.5 Å². The van der Waals surface area contributed by atoms with Crippen LogP contribution < -0.4 is 0 Å². The molecule has 1 aromatic carbocycles. The van der Waals surface area contributed by atoms with Gasteiger partial charge in [-0.25, -0.2) is 8.78 Å². The van der Waals surface area contributed by atoms with Gasteiger partial charge in [0.15, 0.2) is 12.1 Å². The molecule has 0 aliphatic rings. The Morgan fingerprint density at radius 2 is 2.00 bits per heavy atom. The van der Waals surface area contributed by atoms with Gasteiger partial charge in [-0.3, -0.25) is 9.59 Å². The molecule has 0 heterocycles. The molecular formula is C11H10F2O2. The van der Waals surface area contributed by atoms with Crippen LogP contribution in [0, 0.1) is 6.92 Å². The van der Waals surface area contributed by atoms with Gasteiger partial charge in [0.2, 0.25) is 0 Å². The largest absolute Gasteiger partial charge is 0.298 e. The number of alkyl halides is 2. The van der Waals surface area contributed by atoms with Crippen molar-refractivity contribution >= 4 is 12.1 Å². The fraction of sp³-hybridized carbons (Fsp3) is 0.273. The second kappa shape index (κ2) is 4.29. The van der Waals surface area contributed by atoms with Gasteiger partial charge in [-0.2, -0.15) is 0 Å². The fourth-order valence-corrected chi connectivity index (χ4v) is 1.38. The third kappa shape index (κ3) is 2.26. The Bertz CT molecular complexity index is 411. The highest BCUT2D eigenvalue weighted by Gasteiger charge is 2.15. The van der Waals surface area contributed by atoms with Gasteiger partial charge < -0.3 is 0 Å². The minimum Gasteiger partial charge on any atom is -0.298 e. The van der Waals surface area contributed by atoms with Crippen LogP contribution in [0.1, 0.15) is 45.2 Å². The molecular weight excluding hydrogens is 202 g/mol. The molecule has 0 amide bonds. The molecule has 1 aromatic rings. The highest BCUT2D eigenvalue weighted by Crippen LogP contribution is 2.25. The van der Waals surface area contributed by atoms with E-state index >= 15 is 0 Å². The number of benzene rings is 1. The molecule has 0 N–H and O–H groups in total. The van der Waals surface area contributed by atoms with E-state index in [9.17, 15) is 18.4 Å². The first-order valence-electron chi connectivity index (χ1n) is 4.36. The number of aldehydes is 1. The summed E-state index contributed by atoms with van der Waals surface area (Å²) in [6, 6.07) is 2.40. The van der Waals surface area contributed by atoms with Gasteiger partial charge in [-0.1, -0.05) is 0 Å². The molecule has 1 rings (SSSR count). The zero-order chi connectivity index (χ0) is 11.6. The summed E-state index contributed by atoms with van der Waals surface area (Å²) < 4.78 is 25.0. The van der Waals surface area contributed by atoms with Gasteiger partial charge in [-0.05, 0) is 31.5 Å². The van der Waals surface area contributed by atoms with Gasteiger partial charge in [0.25, 0.3) is 6.43 Å². The standard InChI is InChI=1S/C11H10F2O2/c1-6-3-10(7(2)15)8(5-14)4-9(6)11(12)13/h3-5,11H,1-2H3. The number of carbonyl (C=O) groups excluding carboxylic acids is 2. The maximum atomic E-state index is 12.5. The number of hydrogen-bond acceptors (Lipinski definition) is 2. The highest BCUT2D eigenvalue weighted by molar-refractivity contribution is 6.01. The summed E-state index contributed by atoms with van der Waals surface area (Å²) >= 11 is 0. The fourth-order valence-electron chi connectivity index (χ4n) is 1.38. The summed E-state index contributed by atoms with van der Waals surface area (Å²) in [5.74, 6) is -0.305.